The molecule has 2 N–H and O–H groups in total. The molecule has 2 aromatic rings. The lowest BCUT2D eigenvalue weighted by Gasteiger charge is -2.13. The first-order valence-electron chi connectivity index (χ1n) is 8.06. The molecule has 1 amide bonds. The summed E-state index contributed by atoms with van der Waals surface area (Å²) >= 11 is 0. The first-order valence-corrected chi connectivity index (χ1v) is 9.54. The highest BCUT2D eigenvalue weighted by Gasteiger charge is 2.28. The number of anilines is 2. The molecule has 3 rings (SSSR count). The highest BCUT2D eigenvalue weighted by Crippen LogP contribution is 2.23. The molecular weight excluding hydrogens is 338 g/mol. The van der Waals surface area contributed by atoms with Crippen molar-refractivity contribution in [2.45, 2.75) is 23.8 Å². The van der Waals surface area contributed by atoms with E-state index in [0.29, 0.717) is 11.3 Å². The predicted molar refractivity (Wildman–Crippen MR) is 98.5 cm³/mol. The Kier molecular flexibility index (Phi) is 4.78. The van der Waals surface area contributed by atoms with Crippen molar-refractivity contribution in [3.63, 3.8) is 0 Å². The fourth-order valence-corrected chi connectivity index (χ4v) is 3.69. The molecule has 0 radical (unpaired) electrons. The first kappa shape index (κ1) is 17.4. The largest absolute Gasteiger partial charge is 0.378 e. The van der Waals surface area contributed by atoms with Gasteiger partial charge >= 0.3 is 0 Å². The molecule has 0 unspecified atom stereocenters. The quantitative estimate of drug-likeness (QED) is 0.830. The third-order valence-electron chi connectivity index (χ3n) is 3.95. The van der Waals surface area contributed by atoms with Crippen LogP contribution in [-0.2, 0) is 10.0 Å². The number of sulfonamides is 1. The zero-order chi connectivity index (χ0) is 18.0. The molecule has 0 aromatic heterocycles. The molecule has 6 nitrogen and oxygen atoms in total. The van der Waals surface area contributed by atoms with Gasteiger partial charge in [0.05, 0.1) is 4.90 Å². The summed E-state index contributed by atoms with van der Waals surface area (Å²) in [6, 6.07) is 13.5. The lowest BCUT2D eigenvalue weighted by atomic mass is 10.2. The monoisotopic (exact) mass is 359 g/mol. The van der Waals surface area contributed by atoms with Crippen LogP contribution in [-0.4, -0.2) is 34.5 Å². The van der Waals surface area contributed by atoms with Gasteiger partial charge < -0.3 is 10.2 Å². The Morgan fingerprint density at radius 2 is 1.76 bits per heavy atom. The average molecular weight is 359 g/mol. The molecule has 25 heavy (non-hydrogen) atoms. The van der Waals surface area contributed by atoms with E-state index in [1.54, 1.807) is 24.3 Å². The van der Waals surface area contributed by atoms with Crippen molar-refractivity contribution in [1.29, 1.82) is 0 Å². The summed E-state index contributed by atoms with van der Waals surface area (Å²) in [6.45, 7) is 0. The van der Waals surface area contributed by atoms with Crippen LogP contribution in [0.4, 0.5) is 11.4 Å². The number of rotatable bonds is 6. The van der Waals surface area contributed by atoms with Gasteiger partial charge in [0.25, 0.3) is 5.91 Å². The van der Waals surface area contributed by atoms with Crippen LogP contribution in [0.2, 0.25) is 0 Å². The van der Waals surface area contributed by atoms with Gasteiger partial charge in [-0.15, -0.1) is 0 Å². The Morgan fingerprint density at radius 1 is 1.08 bits per heavy atom. The molecule has 0 heterocycles. The van der Waals surface area contributed by atoms with E-state index in [0.717, 1.165) is 18.5 Å². The Morgan fingerprint density at radius 3 is 2.36 bits per heavy atom. The number of amides is 1. The fourth-order valence-electron chi connectivity index (χ4n) is 2.34. The van der Waals surface area contributed by atoms with Gasteiger partial charge in [-0.25, -0.2) is 13.1 Å². The van der Waals surface area contributed by atoms with E-state index in [9.17, 15) is 13.2 Å². The van der Waals surface area contributed by atoms with Crippen molar-refractivity contribution in [3.8, 4) is 0 Å². The standard InChI is InChI=1S/C18H21N3O3S/c1-21(2)16-10-6-13(7-11-16)18(22)19-15-4-3-5-17(12-15)25(23,24)20-14-8-9-14/h3-7,10-12,14,20H,8-9H2,1-2H3,(H,19,22). The SMILES string of the molecule is CN(C)c1ccc(C(=O)Nc2cccc(S(=O)(=O)NC3CC3)c2)cc1. The van der Waals surface area contributed by atoms with Gasteiger partial charge in [0.15, 0.2) is 0 Å². The maximum atomic E-state index is 12.4. The molecule has 0 atom stereocenters. The minimum absolute atomic E-state index is 0.0402. The average Bonchev–Trinajstić information content (AvgIpc) is 3.38. The van der Waals surface area contributed by atoms with Crippen molar-refractivity contribution < 1.29 is 13.2 Å². The maximum Gasteiger partial charge on any atom is 0.255 e. The molecule has 1 aliphatic rings. The van der Waals surface area contributed by atoms with E-state index >= 15 is 0 Å². The smallest absolute Gasteiger partial charge is 0.255 e. The van der Waals surface area contributed by atoms with Crippen LogP contribution in [0.25, 0.3) is 0 Å². The van der Waals surface area contributed by atoms with Crippen molar-refractivity contribution in [3.05, 3.63) is 54.1 Å². The zero-order valence-electron chi connectivity index (χ0n) is 14.2. The Balaban J connectivity index is 1.74. The molecule has 1 saturated carbocycles. The van der Waals surface area contributed by atoms with E-state index < -0.39 is 10.0 Å². The molecule has 0 bridgehead atoms. The topological polar surface area (TPSA) is 78.5 Å². The van der Waals surface area contributed by atoms with Gasteiger partial charge in [0, 0.05) is 37.1 Å². The second-order valence-electron chi connectivity index (χ2n) is 6.32. The molecule has 2 aromatic carbocycles. The van der Waals surface area contributed by atoms with Gasteiger partial charge in [0.1, 0.15) is 0 Å². The number of hydrogen-bond acceptors (Lipinski definition) is 4. The summed E-state index contributed by atoms with van der Waals surface area (Å²) in [7, 11) is 0.313. The Hall–Kier alpha value is -2.38. The maximum absolute atomic E-state index is 12.4. The summed E-state index contributed by atoms with van der Waals surface area (Å²) in [6.07, 6.45) is 1.75. The van der Waals surface area contributed by atoms with E-state index in [1.165, 1.54) is 12.1 Å². The first-order chi connectivity index (χ1) is 11.8. The minimum atomic E-state index is -3.54. The van der Waals surface area contributed by atoms with Crippen LogP contribution in [0.3, 0.4) is 0 Å². The predicted octanol–water partition coefficient (Wildman–Crippen LogP) is 2.45. The van der Waals surface area contributed by atoms with Crippen molar-refractivity contribution in [2.24, 2.45) is 0 Å². The third-order valence-corrected chi connectivity index (χ3v) is 5.47. The normalized spacial score (nSPS) is 14.2. The Bertz CT molecular complexity index is 873. The number of hydrogen-bond donors (Lipinski definition) is 2. The van der Waals surface area contributed by atoms with E-state index in [2.05, 4.69) is 10.0 Å². The van der Waals surface area contributed by atoms with Crippen LogP contribution in [0.1, 0.15) is 23.2 Å². The summed E-state index contributed by atoms with van der Waals surface area (Å²) in [5.74, 6) is -0.282. The molecule has 132 valence electrons. The van der Waals surface area contributed by atoms with E-state index in [1.807, 2.05) is 31.1 Å². The zero-order valence-corrected chi connectivity index (χ0v) is 15.0. The fraction of sp³-hybridized carbons (Fsp3) is 0.278. The Labute approximate surface area is 147 Å². The highest BCUT2D eigenvalue weighted by molar-refractivity contribution is 7.89. The minimum Gasteiger partial charge on any atom is -0.378 e. The number of nitrogens with zero attached hydrogens (tertiary/aromatic N) is 1. The molecule has 7 heteroatoms. The lowest BCUT2D eigenvalue weighted by Crippen LogP contribution is -2.25. The number of nitrogens with one attached hydrogen (secondary N) is 2. The van der Waals surface area contributed by atoms with Gasteiger partial charge in [-0.3, -0.25) is 4.79 Å². The van der Waals surface area contributed by atoms with Crippen LogP contribution in [0.15, 0.2) is 53.4 Å². The summed E-state index contributed by atoms with van der Waals surface area (Å²) in [5, 5.41) is 2.74. The van der Waals surface area contributed by atoms with Crippen molar-refractivity contribution >= 4 is 27.3 Å². The molecule has 0 saturated heterocycles. The second-order valence-corrected chi connectivity index (χ2v) is 8.03. The highest BCUT2D eigenvalue weighted by atomic mass is 32.2. The third kappa shape index (κ3) is 4.37. The van der Waals surface area contributed by atoms with Crippen LogP contribution in [0, 0.1) is 0 Å². The van der Waals surface area contributed by atoms with Gasteiger partial charge in [-0.1, -0.05) is 6.07 Å². The number of benzene rings is 2. The van der Waals surface area contributed by atoms with E-state index in [4.69, 9.17) is 0 Å². The molecule has 1 aliphatic carbocycles. The van der Waals surface area contributed by atoms with Crippen LogP contribution >= 0.6 is 0 Å². The summed E-state index contributed by atoms with van der Waals surface area (Å²) in [5.41, 5.74) is 1.95. The summed E-state index contributed by atoms with van der Waals surface area (Å²) in [4.78, 5) is 14.5. The van der Waals surface area contributed by atoms with Gasteiger partial charge in [0.2, 0.25) is 10.0 Å². The second kappa shape index (κ2) is 6.85. The summed E-state index contributed by atoms with van der Waals surface area (Å²) < 4.78 is 27.2. The number of carbonyl (C=O) groups is 1. The van der Waals surface area contributed by atoms with Crippen LogP contribution < -0.4 is 14.9 Å². The molecular formula is C18H21N3O3S. The van der Waals surface area contributed by atoms with Gasteiger partial charge in [-0.05, 0) is 55.3 Å². The van der Waals surface area contributed by atoms with Crippen molar-refractivity contribution in [1.82, 2.24) is 4.72 Å². The van der Waals surface area contributed by atoms with Crippen molar-refractivity contribution in [2.75, 3.05) is 24.3 Å². The van der Waals surface area contributed by atoms with Gasteiger partial charge in [-0.2, -0.15) is 0 Å². The van der Waals surface area contributed by atoms with Crippen LogP contribution in [0.5, 0.6) is 0 Å². The molecule has 1 fully saturated rings. The lowest BCUT2D eigenvalue weighted by molar-refractivity contribution is 0.102. The molecule has 0 spiro atoms. The van der Waals surface area contributed by atoms with E-state index in [-0.39, 0.29) is 16.8 Å². The number of carbonyl (C=O) groups excluding carboxylic acids is 1. The molecule has 0 aliphatic heterocycles.